The van der Waals surface area contributed by atoms with Gasteiger partial charge < -0.3 is 0 Å². The van der Waals surface area contributed by atoms with E-state index in [1.54, 1.807) is 14.1 Å². The molecular weight excluding hydrogens is 222 g/mol. The predicted octanol–water partition coefficient (Wildman–Crippen LogP) is 2.07. The van der Waals surface area contributed by atoms with E-state index < -0.39 is 10.0 Å². The molecule has 0 bridgehead atoms. The molecule has 0 rings (SSSR count). The molecule has 0 saturated carbocycles. The van der Waals surface area contributed by atoms with Crippen LogP contribution in [0.15, 0.2) is 0 Å². The standard InChI is InChI=1S/C9H20ClNO2S/c1-11(2)14(12,13)9-7-5-3-4-6-8-10/h3-9H2,1-2H3. The molecule has 0 saturated heterocycles. The van der Waals surface area contributed by atoms with Crippen molar-refractivity contribution in [1.82, 2.24) is 4.31 Å². The second kappa shape index (κ2) is 7.49. The van der Waals surface area contributed by atoms with E-state index in [0.717, 1.165) is 32.1 Å². The normalized spacial score (nSPS) is 12.3. The zero-order chi connectivity index (χ0) is 11.0. The van der Waals surface area contributed by atoms with Crippen LogP contribution in [0.5, 0.6) is 0 Å². The lowest BCUT2D eigenvalue weighted by Gasteiger charge is -2.10. The van der Waals surface area contributed by atoms with Crippen LogP contribution in [0.4, 0.5) is 0 Å². The summed E-state index contributed by atoms with van der Waals surface area (Å²) in [6.07, 6.45) is 4.94. The highest BCUT2D eigenvalue weighted by atomic mass is 35.5. The fourth-order valence-corrected chi connectivity index (χ4v) is 2.21. The second-order valence-electron chi connectivity index (χ2n) is 3.56. The van der Waals surface area contributed by atoms with Gasteiger partial charge in [-0.15, -0.1) is 11.6 Å². The molecule has 0 heterocycles. The highest BCUT2D eigenvalue weighted by Gasteiger charge is 2.11. The Labute approximate surface area is 92.5 Å². The van der Waals surface area contributed by atoms with Crippen LogP contribution < -0.4 is 0 Å². The smallest absolute Gasteiger partial charge is 0.212 e. The minimum Gasteiger partial charge on any atom is -0.212 e. The van der Waals surface area contributed by atoms with E-state index in [9.17, 15) is 8.42 Å². The Bertz CT molecular complexity index is 227. The number of unbranched alkanes of at least 4 members (excludes halogenated alkanes) is 4. The number of alkyl halides is 1. The summed E-state index contributed by atoms with van der Waals surface area (Å²) in [4.78, 5) is 0. The molecule has 0 amide bonds. The quantitative estimate of drug-likeness (QED) is 0.482. The van der Waals surface area contributed by atoms with Gasteiger partial charge in [-0.2, -0.15) is 0 Å². The summed E-state index contributed by atoms with van der Waals surface area (Å²) in [5.41, 5.74) is 0. The number of nitrogens with zero attached hydrogens (tertiary/aromatic N) is 1. The summed E-state index contributed by atoms with van der Waals surface area (Å²) >= 11 is 5.53. The van der Waals surface area contributed by atoms with Crippen molar-refractivity contribution in [2.24, 2.45) is 0 Å². The first-order chi connectivity index (χ1) is 6.50. The van der Waals surface area contributed by atoms with E-state index in [1.165, 1.54) is 4.31 Å². The van der Waals surface area contributed by atoms with Crippen LogP contribution >= 0.6 is 11.6 Å². The van der Waals surface area contributed by atoms with Gasteiger partial charge in [0, 0.05) is 20.0 Å². The molecule has 0 fully saturated rings. The van der Waals surface area contributed by atoms with Crippen molar-refractivity contribution in [3.05, 3.63) is 0 Å². The molecule has 0 radical (unpaired) electrons. The maximum absolute atomic E-state index is 11.3. The Balaban J connectivity index is 3.46. The average molecular weight is 242 g/mol. The molecule has 0 aliphatic rings. The molecular formula is C9H20ClNO2S. The van der Waals surface area contributed by atoms with Gasteiger partial charge in [0.25, 0.3) is 0 Å². The maximum atomic E-state index is 11.3. The van der Waals surface area contributed by atoms with Crippen LogP contribution in [0.2, 0.25) is 0 Å². The third-order valence-electron chi connectivity index (χ3n) is 2.09. The van der Waals surface area contributed by atoms with Gasteiger partial charge in [0.05, 0.1) is 5.75 Å². The van der Waals surface area contributed by atoms with Crippen LogP contribution in [-0.4, -0.2) is 38.5 Å². The lowest BCUT2D eigenvalue weighted by atomic mass is 10.2. The highest BCUT2D eigenvalue weighted by Crippen LogP contribution is 2.06. The van der Waals surface area contributed by atoms with Crippen molar-refractivity contribution in [2.45, 2.75) is 32.1 Å². The van der Waals surface area contributed by atoms with Crippen molar-refractivity contribution in [3.8, 4) is 0 Å². The number of hydrogen-bond donors (Lipinski definition) is 0. The largest absolute Gasteiger partial charge is 0.213 e. The molecule has 0 aromatic heterocycles. The molecule has 0 spiro atoms. The summed E-state index contributed by atoms with van der Waals surface area (Å²) in [6, 6.07) is 0. The Hall–Kier alpha value is 0.200. The van der Waals surface area contributed by atoms with Crippen LogP contribution in [0.1, 0.15) is 32.1 Å². The van der Waals surface area contributed by atoms with Gasteiger partial charge in [0.2, 0.25) is 10.0 Å². The lowest BCUT2D eigenvalue weighted by molar-refractivity contribution is 0.515. The van der Waals surface area contributed by atoms with E-state index in [-0.39, 0.29) is 5.75 Å². The second-order valence-corrected chi connectivity index (χ2v) is 6.24. The minimum absolute atomic E-state index is 0.265. The van der Waals surface area contributed by atoms with Crippen LogP contribution in [0, 0.1) is 0 Å². The Morgan fingerprint density at radius 3 is 2.00 bits per heavy atom. The summed E-state index contributed by atoms with van der Waals surface area (Å²) in [7, 11) is 0.161. The van der Waals surface area contributed by atoms with Crippen molar-refractivity contribution >= 4 is 21.6 Å². The molecule has 0 aliphatic heterocycles. The number of halogens is 1. The van der Waals surface area contributed by atoms with Gasteiger partial charge in [0.15, 0.2) is 0 Å². The first-order valence-corrected chi connectivity index (χ1v) is 7.11. The molecule has 5 heteroatoms. The minimum atomic E-state index is -2.98. The average Bonchev–Trinajstić information content (AvgIpc) is 2.10. The highest BCUT2D eigenvalue weighted by molar-refractivity contribution is 7.89. The van der Waals surface area contributed by atoms with Crippen LogP contribution in [0.3, 0.4) is 0 Å². The lowest BCUT2D eigenvalue weighted by Crippen LogP contribution is -2.24. The third kappa shape index (κ3) is 6.62. The Morgan fingerprint density at radius 2 is 1.50 bits per heavy atom. The summed E-state index contributed by atoms with van der Waals surface area (Å²) < 4.78 is 23.9. The molecule has 0 aromatic rings. The maximum Gasteiger partial charge on any atom is 0.213 e. The van der Waals surface area contributed by atoms with E-state index in [4.69, 9.17) is 11.6 Å². The van der Waals surface area contributed by atoms with Gasteiger partial charge in [-0.1, -0.05) is 19.3 Å². The van der Waals surface area contributed by atoms with Crippen LogP contribution in [-0.2, 0) is 10.0 Å². The van der Waals surface area contributed by atoms with E-state index in [1.807, 2.05) is 0 Å². The Kier molecular flexibility index (Phi) is 7.59. The van der Waals surface area contributed by atoms with Crippen molar-refractivity contribution in [3.63, 3.8) is 0 Å². The van der Waals surface area contributed by atoms with Crippen molar-refractivity contribution < 1.29 is 8.42 Å². The SMILES string of the molecule is CN(C)S(=O)(=O)CCCCCCCCl. The molecule has 86 valence electrons. The molecule has 14 heavy (non-hydrogen) atoms. The first-order valence-electron chi connectivity index (χ1n) is 4.97. The topological polar surface area (TPSA) is 37.4 Å². The zero-order valence-electron chi connectivity index (χ0n) is 9.00. The predicted molar refractivity (Wildman–Crippen MR) is 61.3 cm³/mol. The molecule has 3 nitrogen and oxygen atoms in total. The van der Waals surface area contributed by atoms with E-state index in [0.29, 0.717) is 5.88 Å². The number of sulfonamides is 1. The van der Waals surface area contributed by atoms with Crippen LogP contribution in [0.25, 0.3) is 0 Å². The summed E-state index contributed by atoms with van der Waals surface area (Å²) in [5.74, 6) is 0.969. The van der Waals surface area contributed by atoms with Gasteiger partial charge in [-0.25, -0.2) is 12.7 Å². The molecule has 0 aromatic carbocycles. The van der Waals surface area contributed by atoms with Crippen molar-refractivity contribution in [2.75, 3.05) is 25.7 Å². The van der Waals surface area contributed by atoms with Gasteiger partial charge in [-0.3, -0.25) is 0 Å². The fourth-order valence-electron chi connectivity index (χ4n) is 1.09. The summed E-state index contributed by atoms with van der Waals surface area (Å²) in [5, 5.41) is 0. The van der Waals surface area contributed by atoms with E-state index >= 15 is 0 Å². The number of hydrogen-bond acceptors (Lipinski definition) is 2. The fraction of sp³-hybridized carbons (Fsp3) is 1.00. The van der Waals surface area contributed by atoms with Gasteiger partial charge >= 0.3 is 0 Å². The molecule has 0 atom stereocenters. The third-order valence-corrected chi connectivity index (χ3v) is 4.28. The first kappa shape index (κ1) is 14.2. The van der Waals surface area contributed by atoms with E-state index in [2.05, 4.69) is 0 Å². The number of rotatable bonds is 8. The zero-order valence-corrected chi connectivity index (χ0v) is 10.6. The monoisotopic (exact) mass is 241 g/mol. The van der Waals surface area contributed by atoms with Gasteiger partial charge in [0.1, 0.15) is 0 Å². The Morgan fingerprint density at radius 1 is 1.00 bits per heavy atom. The molecule has 0 unspecified atom stereocenters. The molecule has 0 N–H and O–H groups in total. The van der Waals surface area contributed by atoms with Gasteiger partial charge in [-0.05, 0) is 12.8 Å². The van der Waals surface area contributed by atoms with Crippen molar-refractivity contribution in [1.29, 1.82) is 0 Å². The molecule has 0 aliphatic carbocycles. The summed E-state index contributed by atoms with van der Waals surface area (Å²) in [6.45, 7) is 0.